The molecule has 2 saturated heterocycles. The summed E-state index contributed by atoms with van der Waals surface area (Å²) in [6.07, 6.45) is 3.81. The lowest BCUT2D eigenvalue weighted by Crippen LogP contribution is -2.58. The standard InChI is InChI=1S/C29H39ClN8O3S/c1-19-17-38(18-20(2)33-19)22-10-12-37(13-11-22)23-8-9-26(27(14-23)41-3)35-29-31-16-24(30)28(36-29)34-25-7-5-4-6-21(25)15-32-42(39)40/h4-9,14,16,19-20,22,32-33H,10-13,15,17-18H2,1-3H3,(H,39,40)(H2,31,34,35,36)/t19-,20+. The van der Waals surface area contributed by atoms with Gasteiger partial charge >= 0.3 is 0 Å². The van der Waals surface area contributed by atoms with Gasteiger partial charge in [-0.3, -0.25) is 9.45 Å². The number of nitrogens with one attached hydrogen (secondary N) is 4. The van der Waals surface area contributed by atoms with Crippen molar-refractivity contribution in [1.29, 1.82) is 0 Å². The summed E-state index contributed by atoms with van der Waals surface area (Å²) in [4.78, 5) is 14.0. The topological polar surface area (TPSA) is 127 Å². The van der Waals surface area contributed by atoms with Crippen LogP contribution in [0.4, 0.5) is 28.8 Å². The predicted octanol–water partition coefficient (Wildman–Crippen LogP) is 4.50. The number of piperazine rings is 1. The van der Waals surface area contributed by atoms with Gasteiger partial charge in [-0.15, -0.1) is 0 Å². The van der Waals surface area contributed by atoms with Gasteiger partial charge in [0.25, 0.3) is 0 Å². The van der Waals surface area contributed by atoms with Crippen LogP contribution in [0.25, 0.3) is 0 Å². The van der Waals surface area contributed by atoms with Gasteiger partial charge in [-0.1, -0.05) is 29.8 Å². The van der Waals surface area contributed by atoms with Crippen molar-refractivity contribution in [1.82, 2.24) is 24.9 Å². The molecule has 0 aliphatic carbocycles. The third-order valence-corrected chi connectivity index (χ3v) is 8.43. The summed E-state index contributed by atoms with van der Waals surface area (Å²) < 4.78 is 28.4. The SMILES string of the molecule is COc1cc(N2CCC(N3C[C@@H](C)N[C@@H](C)C3)CC2)ccc1Nc1ncc(Cl)c(Nc2ccccc2CNS(=O)O)n1. The first-order valence-electron chi connectivity index (χ1n) is 14.2. The normalized spacial score (nSPS) is 20.7. The highest BCUT2D eigenvalue weighted by Crippen LogP contribution is 2.34. The van der Waals surface area contributed by atoms with Gasteiger partial charge in [-0.05, 0) is 50.5 Å². The van der Waals surface area contributed by atoms with E-state index in [2.05, 4.69) is 66.4 Å². The third kappa shape index (κ3) is 7.68. The Balaban J connectivity index is 1.25. The molecule has 226 valence electrons. The molecule has 42 heavy (non-hydrogen) atoms. The van der Waals surface area contributed by atoms with E-state index in [1.165, 1.54) is 6.20 Å². The number of piperidine rings is 1. The number of aromatic nitrogens is 2. The molecule has 0 radical (unpaired) electrons. The molecule has 0 amide bonds. The van der Waals surface area contributed by atoms with E-state index in [4.69, 9.17) is 20.9 Å². The Morgan fingerprint density at radius 3 is 2.55 bits per heavy atom. The predicted molar refractivity (Wildman–Crippen MR) is 170 cm³/mol. The van der Waals surface area contributed by atoms with Crippen LogP contribution in [0, 0.1) is 0 Å². The maximum absolute atomic E-state index is 11.1. The number of nitrogens with zero attached hydrogens (tertiary/aromatic N) is 4. The van der Waals surface area contributed by atoms with E-state index < -0.39 is 11.3 Å². The summed E-state index contributed by atoms with van der Waals surface area (Å²) in [6, 6.07) is 15.2. The largest absolute Gasteiger partial charge is 0.494 e. The van der Waals surface area contributed by atoms with Crippen molar-refractivity contribution in [2.75, 3.05) is 48.8 Å². The Kier molecular flexibility index (Phi) is 10.1. The lowest BCUT2D eigenvalue weighted by molar-refractivity contribution is 0.107. The number of para-hydroxylation sites is 1. The number of anilines is 5. The molecule has 2 aliphatic heterocycles. The number of rotatable bonds is 10. The average Bonchev–Trinajstić information content (AvgIpc) is 2.98. The van der Waals surface area contributed by atoms with Crippen LogP contribution in [0.2, 0.25) is 5.02 Å². The van der Waals surface area contributed by atoms with E-state index >= 15 is 0 Å². The molecule has 0 saturated carbocycles. The minimum absolute atomic E-state index is 0.190. The molecule has 0 spiro atoms. The molecule has 13 heteroatoms. The van der Waals surface area contributed by atoms with Gasteiger partial charge in [0.05, 0.1) is 19.0 Å². The first kappa shape index (κ1) is 30.5. The van der Waals surface area contributed by atoms with Crippen molar-refractivity contribution in [2.24, 2.45) is 0 Å². The van der Waals surface area contributed by atoms with Crippen molar-refractivity contribution < 1.29 is 13.5 Å². The maximum atomic E-state index is 11.1. The van der Waals surface area contributed by atoms with Gasteiger partial charge in [0.1, 0.15) is 10.8 Å². The Hall–Kier alpha value is -3.00. The minimum Gasteiger partial charge on any atom is -0.494 e. The molecular formula is C29H39ClN8O3S. The number of ether oxygens (including phenoxy) is 1. The number of benzene rings is 2. The summed E-state index contributed by atoms with van der Waals surface area (Å²) in [6.45, 7) is 8.98. The molecule has 3 aromatic rings. The van der Waals surface area contributed by atoms with Gasteiger partial charge in [-0.25, -0.2) is 13.9 Å². The molecule has 11 nitrogen and oxygen atoms in total. The van der Waals surface area contributed by atoms with Crippen LogP contribution in [0.3, 0.4) is 0 Å². The van der Waals surface area contributed by atoms with E-state index in [9.17, 15) is 4.21 Å². The zero-order chi connectivity index (χ0) is 29.6. The van der Waals surface area contributed by atoms with Crippen molar-refractivity contribution in [3.05, 3.63) is 59.2 Å². The van der Waals surface area contributed by atoms with Crippen LogP contribution in [0.5, 0.6) is 5.75 Å². The highest BCUT2D eigenvalue weighted by atomic mass is 35.5. The Morgan fingerprint density at radius 2 is 1.83 bits per heavy atom. The summed E-state index contributed by atoms with van der Waals surface area (Å²) in [7, 11) is 1.66. The summed E-state index contributed by atoms with van der Waals surface area (Å²) in [5.74, 6) is 1.44. The molecule has 3 atom stereocenters. The fraction of sp³-hybridized carbons (Fsp3) is 0.448. The smallest absolute Gasteiger partial charge is 0.232 e. The van der Waals surface area contributed by atoms with Crippen LogP contribution >= 0.6 is 11.6 Å². The van der Waals surface area contributed by atoms with Crippen molar-refractivity contribution in [2.45, 2.75) is 51.4 Å². The molecule has 1 unspecified atom stereocenters. The fourth-order valence-corrected chi connectivity index (χ4v) is 6.25. The quantitative estimate of drug-likeness (QED) is 0.208. The minimum atomic E-state index is -2.12. The Bertz CT molecular complexity index is 1380. The number of methoxy groups -OCH3 is 1. The monoisotopic (exact) mass is 614 g/mol. The molecule has 2 aromatic carbocycles. The molecule has 2 aliphatic rings. The van der Waals surface area contributed by atoms with Crippen molar-refractivity contribution >= 4 is 51.7 Å². The first-order chi connectivity index (χ1) is 20.3. The highest BCUT2D eigenvalue weighted by Gasteiger charge is 2.30. The molecule has 5 rings (SSSR count). The summed E-state index contributed by atoms with van der Waals surface area (Å²) in [5.41, 5.74) is 3.35. The van der Waals surface area contributed by atoms with Gasteiger partial charge < -0.3 is 25.6 Å². The highest BCUT2D eigenvalue weighted by molar-refractivity contribution is 7.77. The summed E-state index contributed by atoms with van der Waals surface area (Å²) >= 11 is 4.29. The molecular weight excluding hydrogens is 576 g/mol. The van der Waals surface area contributed by atoms with E-state index in [0.29, 0.717) is 46.4 Å². The van der Waals surface area contributed by atoms with Crippen LogP contribution < -0.4 is 30.3 Å². The zero-order valence-electron chi connectivity index (χ0n) is 24.1. The first-order valence-corrected chi connectivity index (χ1v) is 15.7. The number of hydrogen-bond acceptors (Lipinski definition) is 9. The molecule has 5 N–H and O–H groups in total. The fourth-order valence-electron chi connectivity index (χ4n) is 5.84. The van der Waals surface area contributed by atoms with Crippen LogP contribution in [-0.4, -0.2) is 75.0 Å². The second-order valence-corrected chi connectivity index (χ2v) is 12.1. The second-order valence-electron chi connectivity index (χ2n) is 10.9. The van der Waals surface area contributed by atoms with E-state index in [1.54, 1.807) is 7.11 Å². The molecule has 2 fully saturated rings. The van der Waals surface area contributed by atoms with Gasteiger partial charge in [0.15, 0.2) is 5.82 Å². The van der Waals surface area contributed by atoms with E-state index in [1.807, 2.05) is 30.3 Å². The third-order valence-electron chi connectivity index (χ3n) is 7.76. The lowest BCUT2D eigenvalue weighted by Gasteiger charge is -2.44. The van der Waals surface area contributed by atoms with Crippen molar-refractivity contribution in [3.63, 3.8) is 0 Å². The molecule has 1 aromatic heterocycles. The van der Waals surface area contributed by atoms with Gasteiger partial charge in [0.2, 0.25) is 17.2 Å². The van der Waals surface area contributed by atoms with Gasteiger partial charge in [-0.2, -0.15) is 4.98 Å². The van der Waals surface area contributed by atoms with Crippen LogP contribution in [-0.2, 0) is 17.8 Å². The average molecular weight is 615 g/mol. The van der Waals surface area contributed by atoms with E-state index in [0.717, 1.165) is 56.0 Å². The van der Waals surface area contributed by atoms with Gasteiger partial charge in [0, 0.05) is 68.3 Å². The Labute approximate surface area is 254 Å². The number of hydrogen-bond donors (Lipinski definition) is 5. The van der Waals surface area contributed by atoms with Crippen LogP contribution in [0.1, 0.15) is 32.3 Å². The van der Waals surface area contributed by atoms with Crippen LogP contribution in [0.15, 0.2) is 48.7 Å². The Morgan fingerprint density at radius 1 is 1.10 bits per heavy atom. The maximum Gasteiger partial charge on any atom is 0.232 e. The van der Waals surface area contributed by atoms with E-state index in [-0.39, 0.29) is 6.54 Å². The van der Waals surface area contributed by atoms with Crippen molar-refractivity contribution in [3.8, 4) is 5.75 Å². The lowest BCUT2D eigenvalue weighted by atomic mass is 9.99. The summed E-state index contributed by atoms with van der Waals surface area (Å²) in [5, 5.41) is 10.4. The number of halogens is 1. The second kappa shape index (κ2) is 14.0. The molecule has 3 heterocycles. The molecule has 0 bridgehead atoms. The zero-order valence-corrected chi connectivity index (χ0v) is 25.7.